The average molecular weight is 468 g/mol. The maximum absolute atomic E-state index is 13.1. The van der Waals surface area contributed by atoms with Crippen LogP contribution in [0, 0.1) is 11.8 Å². The van der Waals surface area contributed by atoms with Crippen LogP contribution in [0.1, 0.15) is 27.7 Å². The third-order valence-electron chi connectivity index (χ3n) is 3.56. The van der Waals surface area contributed by atoms with Gasteiger partial charge < -0.3 is 23.8 Å². The lowest BCUT2D eigenvalue weighted by Crippen LogP contribution is -2.20. The number of hydrogen-bond acceptors (Lipinski definition) is 6. The Morgan fingerprint density at radius 1 is 0.576 bits per heavy atom. The number of hydrogen-bond donors (Lipinski definition) is 2. The molecule has 0 aliphatic carbocycles. The van der Waals surface area contributed by atoms with Gasteiger partial charge in [-0.15, -0.1) is 0 Å². The second-order valence-electron chi connectivity index (χ2n) is 8.03. The number of phosphoric acid groups is 1. The van der Waals surface area contributed by atoms with Gasteiger partial charge in [0.15, 0.2) is 0 Å². The van der Waals surface area contributed by atoms with Gasteiger partial charge in [0.05, 0.1) is 0 Å². The molecule has 0 atom stereocenters. The van der Waals surface area contributed by atoms with Crippen LogP contribution in [0.2, 0.25) is 0 Å². The van der Waals surface area contributed by atoms with E-state index < -0.39 is 19.0 Å². The number of para-hydroxylation sites is 3. The normalized spacial score (nSPS) is 11.2. The van der Waals surface area contributed by atoms with Crippen LogP contribution in [0.5, 0.6) is 17.2 Å². The first-order valence-electron chi connectivity index (χ1n) is 10.3. The monoisotopic (exact) mass is 468 g/mol. The summed E-state index contributed by atoms with van der Waals surface area (Å²) in [7, 11) is -3.89. The molecule has 0 aliphatic heterocycles. The van der Waals surface area contributed by atoms with E-state index in [1.54, 1.807) is 100 Å². The summed E-state index contributed by atoms with van der Waals surface area (Å²) in [6, 6.07) is 26.4. The standard InChI is InChI=1S/C18H15O4P.C8H14O2/c19-23(20-16-10-4-1-5-11-16,21-17-12-6-2-7-13-17)22-18-14-8-3-9-15-18;1-7(2,9)5-6-8(3,4)10/h1-15H;9-10H,1-4H3. The van der Waals surface area contributed by atoms with E-state index in [-0.39, 0.29) is 0 Å². The van der Waals surface area contributed by atoms with Crippen molar-refractivity contribution < 1.29 is 28.3 Å². The van der Waals surface area contributed by atoms with Crippen molar-refractivity contribution in [3.63, 3.8) is 0 Å². The predicted octanol–water partition coefficient (Wildman–Crippen LogP) is 5.86. The van der Waals surface area contributed by atoms with Crippen molar-refractivity contribution in [3.8, 4) is 29.1 Å². The van der Waals surface area contributed by atoms with Gasteiger partial charge in [0.1, 0.15) is 28.5 Å². The van der Waals surface area contributed by atoms with Gasteiger partial charge in [-0.3, -0.25) is 0 Å². The maximum atomic E-state index is 13.1. The molecule has 3 aromatic carbocycles. The Morgan fingerprint density at radius 2 is 0.818 bits per heavy atom. The molecule has 0 aromatic heterocycles. The van der Waals surface area contributed by atoms with Gasteiger partial charge in [-0.05, 0) is 64.1 Å². The van der Waals surface area contributed by atoms with Crippen LogP contribution < -0.4 is 13.6 Å². The molecule has 0 radical (unpaired) electrons. The van der Waals surface area contributed by atoms with Crippen molar-refractivity contribution in [1.29, 1.82) is 0 Å². The van der Waals surface area contributed by atoms with E-state index in [0.29, 0.717) is 17.2 Å². The molecule has 3 aromatic rings. The fourth-order valence-corrected chi connectivity index (χ4v) is 3.44. The van der Waals surface area contributed by atoms with Crippen LogP contribution in [-0.2, 0) is 4.57 Å². The zero-order chi connectivity index (χ0) is 24.4. The number of benzene rings is 3. The van der Waals surface area contributed by atoms with Crippen molar-refractivity contribution in [1.82, 2.24) is 0 Å². The number of phosphoric ester groups is 1. The minimum absolute atomic E-state index is 0.405. The smallest absolute Gasteiger partial charge is 0.386 e. The Labute approximate surface area is 195 Å². The van der Waals surface area contributed by atoms with Crippen LogP contribution >= 0.6 is 7.82 Å². The summed E-state index contributed by atoms with van der Waals surface area (Å²) in [4.78, 5) is 0. The topological polar surface area (TPSA) is 85.2 Å². The molecule has 174 valence electrons. The van der Waals surface area contributed by atoms with Crippen LogP contribution in [0.25, 0.3) is 0 Å². The van der Waals surface area contributed by atoms with Gasteiger partial charge in [-0.2, -0.15) is 4.57 Å². The van der Waals surface area contributed by atoms with E-state index in [0.717, 1.165) is 0 Å². The minimum Gasteiger partial charge on any atom is -0.386 e. The lowest BCUT2D eigenvalue weighted by molar-refractivity contribution is 0.131. The Balaban J connectivity index is 0.000000328. The zero-order valence-electron chi connectivity index (χ0n) is 19.1. The summed E-state index contributed by atoms with van der Waals surface area (Å²) < 4.78 is 29.6. The summed E-state index contributed by atoms with van der Waals surface area (Å²) in [6.45, 7) is 6.30. The quantitative estimate of drug-likeness (QED) is 0.348. The molecule has 2 N–H and O–H groups in total. The summed E-state index contributed by atoms with van der Waals surface area (Å²) in [5.41, 5.74) is -2.03. The molecule has 0 saturated heterocycles. The highest BCUT2D eigenvalue weighted by Gasteiger charge is 2.33. The van der Waals surface area contributed by atoms with E-state index in [1.807, 2.05) is 18.2 Å². The summed E-state index contributed by atoms with van der Waals surface area (Å²) >= 11 is 0. The van der Waals surface area contributed by atoms with E-state index in [2.05, 4.69) is 11.8 Å². The molecule has 0 unspecified atom stereocenters. The Morgan fingerprint density at radius 3 is 1.03 bits per heavy atom. The lowest BCUT2D eigenvalue weighted by Gasteiger charge is -2.19. The highest BCUT2D eigenvalue weighted by Crippen LogP contribution is 2.49. The molecule has 0 heterocycles. The minimum atomic E-state index is -3.89. The van der Waals surface area contributed by atoms with Crippen molar-refractivity contribution in [3.05, 3.63) is 91.0 Å². The first-order chi connectivity index (χ1) is 15.4. The molecule has 0 bridgehead atoms. The molecule has 6 nitrogen and oxygen atoms in total. The first kappa shape index (κ1) is 26.0. The Hall–Kier alpha value is -3.23. The van der Waals surface area contributed by atoms with Crippen LogP contribution in [-0.4, -0.2) is 21.4 Å². The molecule has 7 heteroatoms. The SMILES string of the molecule is CC(C)(O)C#CC(C)(C)O.O=P(Oc1ccccc1)(Oc1ccccc1)Oc1ccccc1. The largest absolute Gasteiger partial charge is 0.647 e. The average Bonchev–Trinajstić information content (AvgIpc) is 2.74. The molecular weight excluding hydrogens is 439 g/mol. The van der Waals surface area contributed by atoms with E-state index in [1.165, 1.54) is 0 Å². The molecule has 0 fully saturated rings. The molecular formula is C26H29O6P. The lowest BCUT2D eigenvalue weighted by atomic mass is 10.1. The van der Waals surface area contributed by atoms with Gasteiger partial charge >= 0.3 is 7.82 Å². The van der Waals surface area contributed by atoms with Crippen molar-refractivity contribution >= 4 is 7.82 Å². The van der Waals surface area contributed by atoms with Gasteiger partial charge in [-0.25, -0.2) is 0 Å². The van der Waals surface area contributed by atoms with Crippen LogP contribution in [0.15, 0.2) is 91.0 Å². The van der Waals surface area contributed by atoms with Gasteiger partial charge in [0, 0.05) is 0 Å². The van der Waals surface area contributed by atoms with E-state index in [9.17, 15) is 4.57 Å². The van der Waals surface area contributed by atoms with Crippen LogP contribution in [0.3, 0.4) is 0 Å². The van der Waals surface area contributed by atoms with Gasteiger partial charge in [0.25, 0.3) is 0 Å². The van der Waals surface area contributed by atoms with Crippen molar-refractivity contribution in [2.75, 3.05) is 0 Å². The van der Waals surface area contributed by atoms with Crippen molar-refractivity contribution in [2.24, 2.45) is 0 Å². The maximum Gasteiger partial charge on any atom is 0.647 e. The first-order valence-corrected chi connectivity index (χ1v) is 11.7. The number of rotatable bonds is 6. The second-order valence-corrected chi connectivity index (χ2v) is 9.47. The summed E-state index contributed by atoms with van der Waals surface area (Å²) in [5.74, 6) is 6.25. The highest BCUT2D eigenvalue weighted by molar-refractivity contribution is 7.49. The van der Waals surface area contributed by atoms with Crippen LogP contribution in [0.4, 0.5) is 0 Å². The number of aliphatic hydroxyl groups is 2. The molecule has 3 rings (SSSR count). The predicted molar refractivity (Wildman–Crippen MR) is 129 cm³/mol. The molecule has 0 saturated carbocycles. The van der Waals surface area contributed by atoms with E-state index in [4.69, 9.17) is 23.8 Å². The fraction of sp³-hybridized carbons (Fsp3) is 0.231. The fourth-order valence-electron chi connectivity index (χ4n) is 2.19. The molecule has 33 heavy (non-hydrogen) atoms. The van der Waals surface area contributed by atoms with Gasteiger partial charge in [-0.1, -0.05) is 66.4 Å². The summed E-state index contributed by atoms with van der Waals surface area (Å²) in [6.07, 6.45) is 0. The Kier molecular flexibility index (Phi) is 9.13. The highest BCUT2D eigenvalue weighted by atomic mass is 31.2. The second kappa shape index (κ2) is 11.6. The molecule has 0 spiro atoms. The molecule has 0 amide bonds. The van der Waals surface area contributed by atoms with Crippen molar-refractivity contribution in [2.45, 2.75) is 38.9 Å². The third kappa shape index (κ3) is 11.3. The zero-order valence-corrected chi connectivity index (χ0v) is 20.0. The van der Waals surface area contributed by atoms with Gasteiger partial charge in [0.2, 0.25) is 0 Å². The Bertz CT molecular complexity index is 950. The summed E-state index contributed by atoms with van der Waals surface area (Å²) in [5, 5.41) is 18.2. The molecule has 0 aliphatic rings. The third-order valence-corrected chi connectivity index (χ3v) is 4.86. The van der Waals surface area contributed by atoms with E-state index >= 15 is 0 Å².